The van der Waals surface area contributed by atoms with Gasteiger partial charge in [0.1, 0.15) is 0 Å². The largest absolute Gasteiger partial charge is 0.383 e. The van der Waals surface area contributed by atoms with E-state index in [1.54, 1.807) is 6.07 Å². The third-order valence-electron chi connectivity index (χ3n) is 3.67. The first-order valence-corrected chi connectivity index (χ1v) is 6.49. The Labute approximate surface area is 107 Å². The zero-order valence-electron chi connectivity index (χ0n) is 9.85. The molecule has 88 valence electrons. The number of hydrogen-bond acceptors (Lipinski definition) is 1. The minimum atomic E-state index is 0.520. The Morgan fingerprint density at radius 3 is 2.56 bits per heavy atom. The highest BCUT2D eigenvalue weighted by molar-refractivity contribution is 6.36. The third-order valence-corrected chi connectivity index (χ3v) is 4.19. The quantitative estimate of drug-likeness (QED) is 0.803. The summed E-state index contributed by atoms with van der Waals surface area (Å²) in [5.41, 5.74) is 2.35. The summed E-state index contributed by atoms with van der Waals surface area (Å²) < 4.78 is 0. The lowest BCUT2D eigenvalue weighted by atomic mass is 9.82. The molecule has 1 nitrogen and oxygen atoms in total. The van der Waals surface area contributed by atoms with E-state index in [-0.39, 0.29) is 0 Å². The van der Waals surface area contributed by atoms with Crippen molar-refractivity contribution in [2.24, 2.45) is 11.8 Å². The number of benzene rings is 1. The van der Waals surface area contributed by atoms with Gasteiger partial charge in [-0.3, -0.25) is 0 Å². The summed E-state index contributed by atoms with van der Waals surface area (Å²) in [6.07, 6.45) is 0. The van der Waals surface area contributed by atoms with E-state index in [1.807, 2.05) is 6.07 Å². The molecule has 0 saturated heterocycles. The average Bonchev–Trinajstić information content (AvgIpc) is 2.60. The predicted octanol–water partition coefficient (Wildman–Crippen LogP) is 4.79. The van der Waals surface area contributed by atoms with Gasteiger partial charge < -0.3 is 5.32 Å². The number of halogens is 2. The van der Waals surface area contributed by atoms with Crippen LogP contribution in [0.1, 0.15) is 32.3 Å². The molecule has 1 aliphatic heterocycles. The summed E-state index contributed by atoms with van der Waals surface area (Å²) in [6, 6.07) is 3.85. The van der Waals surface area contributed by atoms with Gasteiger partial charge in [0.15, 0.2) is 0 Å². The van der Waals surface area contributed by atoms with Gasteiger partial charge in [-0.05, 0) is 29.5 Å². The first-order valence-electron chi connectivity index (χ1n) is 5.73. The number of nitrogens with one attached hydrogen (secondary N) is 1. The van der Waals surface area contributed by atoms with Crippen LogP contribution in [0.25, 0.3) is 0 Å². The van der Waals surface area contributed by atoms with Gasteiger partial charge in [-0.2, -0.15) is 0 Å². The van der Waals surface area contributed by atoms with E-state index in [1.165, 1.54) is 5.56 Å². The molecule has 0 aliphatic carbocycles. The number of anilines is 1. The molecule has 1 N–H and O–H groups in total. The second-order valence-corrected chi connectivity index (χ2v) is 5.79. The summed E-state index contributed by atoms with van der Waals surface area (Å²) in [5.74, 6) is 1.81. The molecule has 0 spiro atoms. The van der Waals surface area contributed by atoms with Gasteiger partial charge in [-0.1, -0.05) is 44.0 Å². The summed E-state index contributed by atoms with van der Waals surface area (Å²) in [7, 11) is 0. The van der Waals surface area contributed by atoms with E-state index in [9.17, 15) is 0 Å². The van der Waals surface area contributed by atoms with Gasteiger partial charge in [0, 0.05) is 17.5 Å². The molecule has 1 heterocycles. The normalized spacial score (nSPS) is 20.8. The SMILES string of the molecule is CC(C)C(C)C1CNc2c(Cl)cc(Cl)cc21. The Balaban J connectivity index is 2.39. The lowest BCUT2D eigenvalue weighted by molar-refractivity contribution is 0.362. The fraction of sp³-hybridized carbons (Fsp3) is 0.538. The summed E-state index contributed by atoms with van der Waals surface area (Å²) >= 11 is 12.2. The molecule has 0 fully saturated rings. The predicted molar refractivity (Wildman–Crippen MR) is 71.7 cm³/mol. The van der Waals surface area contributed by atoms with E-state index in [0.29, 0.717) is 17.8 Å². The molecule has 0 saturated carbocycles. The van der Waals surface area contributed by atoms with Crippen LogP contribution in [0.2, 0.25) is 10.0 Å². The maximum Gasteiger partial charge on any atom is 0.0655 e. The van der Waals surface area contributed by atoms with Gasteiger partial charge in [0.05, 0.1) is 10.7 Å². The van der Waals surface area contributed by atoms with Crippen molar-refractivity contribution in [1.29, 1.82) is 0 Å². The molecule has 16 heavy (non-hydrogen) atoms. The summed E-state index contributed by atoms with van der Waals surface area (Å²) in [4.78, 5) is 0. The van der Waals surface area contributed by atoms with Gasteiger partial charge in [0.25, 0.3) is 0 Å². The first kappa shape index (κ1) is 12.1. The topological polar surface area (TPSA) is 12.0 Å². The molecule has 2 rings (SSSR count). The average molecular weight is 258 g/mol. The molecule has 2 atom stereocenters. The Morgan fingerprint density at radius 1 is 1.25 bits per heavy atom. The van der Waals surface area contributed by atoms with Crippen molar-refractivity contribution in [3.63, 3.8) is 0 Å². The van der Waals surface area contributed by atoms with E-state index in [0.717, 1.165) is 22.3 Å². The van der Waals surface area contributed by atoms with E-state index < -0.39 is 0 Å². The number of rotatable bonds is 2. The van der Waals surface area contributed by atoms with E-state index in [4.69, 9.17) is 23.2 Å². The maximum atomic E-state index is 6.18. The van der Waals surface area contributed by atoms with Crippen LogP contribution in [-0.2, 0) is 0 Å². The monoisotopic (exact) mass is 257 g/mol. The Bertz CT molecular complexity index is 401. The van der Waals surface area contributed by atoms with E-state index >= 15 is 0 Å². The molecule has 1 aromatic carbocycles. The van der Waals surface area contributed by atoms with Crippen molar-refractivity contribution in [1.82, 2.24) is 0 Å². The van der Waals surface area contributed by atoms with Gasteiger partial charge in [0.2, 0.25) is 0 Å². The van der Waals surface area contributed by atoms with Crippen LogP contribution in [0.3, 0.4) is 0 Å². The second-order valence-electron chi connectivity index (χ2n) is 4.94. The van der Waals surface area contributed by atoms with Crippen LogP contribution in [0.5, 0.6) is 0 Å². The van der Waals surface area contributed by atoms with Gasteiger partial charge >= 0.3 is 0 Å². The first-order chi connectivity index (χ1) is 7.50. The minimum Gasteiger partial charge on any atom is -0.383 e. The fourth-order valence-corrected chi connectivity index (χ4v) is 2.90. The number of fused-ring (bicyclic) bond motifs is 1. The third kappa shape index (κ3) is 2.03. The van der Waals surface area contributed by atoms with Crippen LogP contribution in [0.4, 0.5) is 5.69 Å². The standard InChI is InChI=1S/C13H17Cl2N/c1-7(2)8(3)11-6-16-13-10(11)4-9(14)5-12(13)15/h4-5,7-8,11,16H,6H2,1-3H3. The van der Waals surface area contributed by atoms with Crippen LogP contribution in [0, 0.1) is 11.8 Å². The molecular weight excluding hydrogens is 241 g/mol. The molecule has 1 aromatic rings. The van der Waals surface area contributed by atoms with Crippen LogP contribution < -0.4 is 5.32 Å². The molecule has 1 aliphatic rings. The van der Waals surface area contributed by atoms with Gasteiger partial charge in [-0.25, -0.2) is 0 Å². The Kier molecular flexibility index (Phi) is 3.37. The summed E-state index contributed by atoms with van der Waals surface area (Å²) in [5, 5.41) is 4.86. The lowest BCUT2D eigenvalue weighted by Gasteiger charge is -2.23. The number of hydrogen-bond donors (Lipinski definition) is 1. The molecule has 3 heteroatoms. The van der Waals surface area contributed by atoms with Crippen molar-refractivity contribution in [3.05, 3.63) is 27.7 Å². The zero-order valence-corrected chi connectivity index (χ0v) is 11.4. The minimum absolute atomic E-state index is 0.520. The summed E-state index contributed by atoms with van der Waals surface area (Å²) in [6.45, 7) is 7.78. The van der Waals surface area contributed by atoms with Crippen molar-refractivity contribution < 1.29 is 0 Å². The molecule has 0 aromatic heterocycles. The highest BCUT2D eigenvalue weighted by Crippen LogP contribution is 2.43. The fourth-order valence-electron chi connectivity index (χ4n) is 2.33. The van der Waals surface area contributed by atoms with Crippen molar-refractivity contribution in [2.45, 2.75) is 26.7 Å². The molecule has 0 amide bonds. The zero-order chi connectivity index (χ0) is 11.9. The van der Waals surface area contributed by atoms with Crippen molar-refractivity contribution >= 4 is 28.9 Å². The Morgan fingerprint density at radius 2 is 1.94 bits per heavy atom. The Hall–Kier alpha value is -0.400. The van der Waals surface area contributed by atoms with Crippen LogP contribution in [-0.4, -0.2) is 6.54 Å². The highest BCUT2D eigenvalue weighted by Gasteiger charge is 2.30. The van der Waals surface area contributed by atoms with E-state index in [2.05, 4.69) is 26.1 Å². The van der Waals surface area contributed by atoms with Crippen molar-refractivity contribution in [3.8, 4) is 0 Å². The second kappa shape index (κ2) is 4.46. The highest BCUT2D eigenvalue weighted by atomic mass is 35.5. The molecular formula is C13H17Cl2N. The smallest absolute Gasteiger partial charge is 0.0655 e. The maximum absolute atomic E-state index is 6.18. The molecule has 0 radical (unpaired) electrons. The molecule has 2 unspecified atom stereocenters. The lowest BCUT2D eigenvalue weighted by Crippen LogP contribution is -2.17. The van der Waals surface area contributed by atoms with Crippen LogP contribution in [0.15, 0.2) is 12.1 Å². The van der Waals surface area contributed by atoms with Gasteiger partial charge in [-0.15, -0.1) is 0 Å². The molecule has 0 bridgehead atoms. The van der Waals surface area contributed by atoms with Crippen molar-refractivity contribution in [2.75, 3.05) is 11.9 Å². The van der Waals surface area contributed by atoms with Crippen LogP contribution >= 0.6 is 23.2 Å².